The van der Waals surface area contributed by atoms with E-state index in [0.29, 0.717) is 37.3 Å². The van der Waals surface area contributed by atoms with Crippen molar-refractivity contribution in [2.45, 2.75) is 82.8 Å². The zero-order valence-corrected chi connectivity index (χ0v) is 21.4. The number of nitrogens with zero attached hydrogens (tertiary/aromatic N) is 3. The molecule has 2 aliphatic heterocycles. The molecule has 0 spiro atoms. The van der Waals surface area contributed by atoms with E-state index in [0.717, 1.165) is 49.3 Å². The summed E-state index contributed by atoms with van der Waals surface area (Å²) in [5.74, 6) is -3.54. The molecule has 4 heterocycles. The summed E-state index contributed by atoms with van der Waals surface area (Å²) in [4.78, 5) is 23.0. The maximum atomic E-state index is 15.2. The molecule has 0 amide bonds. The Balaban J connectivity index is 1.17. The van der Waals surface area contributed by atoms with E-state index < -0.39 is 23.9 Å². The summed E-state index contributed by atoms with van der Waals surface area (Å²) in [5.41, 5.74) is 3.42. The minimum Gasteiger partial charge on any atom is -0.480 e. The third-order valence-electron chi connectivity index (χ3n) is 7.67. The molecule has 2 N–H and O–H groups in total. The molecule has 0 aromatic carbocycles. The van der Waals surface area contributed by atoms with E-state index in [1.54, 1.807) is 17.2 Å². The Morgan fingerprint density at radius 3 is 2.92 bits per heavy atom. The Morgan fingerprint density at radius 1 is 1.30 bits per heavy atom. The molecule has 2 aromatic heterocycles. The highest BCUT2D eigenvalue weighted by Gasteiger charge is 2.46. The molecule has 5 rings (SSSR count). The van der Waals surface area contributed by atoms with Crippen molar-refractivity contribution in [1.82, 2.24) is 14.9 Å². The van der Waals surface area contributed by atoms with Crippen LogP contribution < -0.4 is 10.1 Å². The molecular formula is C28H36F2N4O3. The number of carbonyl (C=O) groups is 1. The number of hydrogen-bond acceptors (Lipinski definition) is 6. The molecule has 9 heteroatoms. The zero-order chi connectivity index (χ0) is 26.0. The fourth-order valence-electron chi connectivity index (χ4n) is 5.45. The van der Waals surface area contributed by atoms with Gasteiger partial charge in [0.1, 0.15) is 18.0 Å². The second-order valence-electron chi connectivity index (χ2n) is 10.8. The number of fused-ring (bicyclic) bond motifs is 1. The molecule has 7 nitrogen and oxygen atoms in total. The van der Waals surface area contributed by atoms with E-state index in [4.69, 9.17) is 4.74 Å². The van der Waals surface area contributed by atoms with Crippen molar-refractivity contribution in [1.29, 1.82) is 0 Å². The normalized spacial score (nSPS) is 20.8. The van der Waals surface area contributed by atoms with Crippen LogP contribution in [0.3, 0.4) is 0 Å². The van der Waals surface area contributed by atoms with Gasteiger partial charge < -0.3 is 15.2 Å². The predicted octanol–water partition coefficient (Wildman–Crippen LogP) is 5.18. The van der Waals surface area contributed by atoms with Gasteiger partial charge in [-0.2, -0.15) is 0 Å². The smallest absolute Gasteiger partial charge is 0.325 e. The highest BCUT2D eigenvalue weighted by Crippen LogP contribution is 2.41. The standard InChI is InChI=1S/C28H36F2N4O3/c1-18-15-23(26(32-16-18)37-22-9-10-22)24(27(35)36)34-14-11-20(17-34)28(29,30)12-3-2-6-21-8-7-19-5-4-13-31-25(19)33-21/h7-8,15-16,20,22,24H,2-6,9-14,17H2,1H3,(H,31,33)(H,35,36)/t20-,24?/m1/s1. The van der Waals surface area contributed by atoms with Gasteiger partial charge in [-0.05, 0) is 88.1 Å². The SMILES string of the molecule is Cc1cnc(OC2CC2)c(C(C(=O)O)N2CC[C@@H](C(F)(F)CCCCc3ccc4c(n3)NCCC4)C2)c1. The second kappa shape index (κ2) is 10.9. The van der Waals surface area contributed by atoms with E-state index in [1.807, 2.05) is 13.0 Å². The van der Waals surface area contributed by atoms with Crippen LogP contribution in [0.2, 0.25) is 0 Å². The first kappa shape index (κ1) is 25.8. The number of anilines is 1. The summed E-state index contributed by atoms with van der Waals surface area (Å²) in [6.45, 7) is 3.11. The van der Waals surface area contributed by atoms with Crippen molar-refractivity contribution in [3.05, 3.63) is 46.8 Å². The average molecular weight is 515 g/mol. The summed E-state index contributed by atoms with van der Waals surface area (Å²) in [6, 6.07) is 4.81. The molecule has 2 atom stereocenters. The molecular weight excluding hydrogens is 478 g/mol. The van der Waals surface area contributed by atoms with Crippen molar-refractivity contribution in [2.75, 3.05) is 25.0 Å². The number of unbranched alkanes of at least 4 members (excludes halogenated alkanes) is 1. The van der Waals surface area contributed by atoms with Crippen LogP contribution in [0.25, 0.3) is 0 Å². The quantitative estimate of drug-likeness (QED) is 0.400. The molecule has 1 saturated carbocycles. The second-order valence-corrected chi connectivity index (χ2v) is 10.8. The number of rotatable bonds is 11. The fourth-order valence-corrected chi connectivity index (χ4v) is 5.45. The van der Waals surface area contributed by atoms with E-state index in [1.165, 1.54) is 5.56 Å². The van der Waals surface area contributed by atoms with Crippen LogP contribution in [0.1, 0.15) is 73.4 Å². The lowest BCUT2D eigenvalue weighted by Gasteiger charge is -2.28. The first-order chi connectivity index (χ1) is 17.8. The van der Waals surface area contributed by atoms with E-state index >= 15 is 8.78 Å². The Bertz CT molecular complexity index is 1120. The van der Waals surface area contributed by atoms with Crippen LogP contribution in [0.4, 0.5) is 14.6 Å². The van der Waals surface area contributed by atoms with Gasteiger partial charge in [-0.1, -0.05) is 6.07 Å². The summed E-state index contributed by atoms with van der Waals surface area (Å²) in [5, 5.41) is 13.4. The first-order valence-corrected chi connectivity index (χ1v) is 13.5. The van der Waals surface area contributed by atoms with Crippen LogP contribution in [-0.2, 0) is 17.6 Å². The summed E-state index contributed by atoms with van der Waals surface area (Å²) >= 11 is 0. The fraction of sp³-hybridized carbons (Fsp3) is 0.607. The molecule has 37 heavy (non-hydrogen) atoms. The maximum Gasteiger partial charge on any atom is 0.325 e. The minimum absolute atomic E-state index is 0.0405. The Labute approximate surface area is 216 Å². The van der Waals surface area contributed by atoms with Crippen molar-refractivity contribution in [2.24, 2.45) is 5.92 Å². The number of aromatic nitrogens is 2. The molecule has 2 aromatic rings. The monoisotopic (exact) mass is 514 g/mol. The zero-order valence-electron chi connectivity index (χ0n) is 21.4. The lowest BCUT2D eigenvalue weighted by atomic mass is 9.95. The molecule has 2 fully saturated rings. The van der Waals surface area contributed by atoms with Crippen molar-refractivity contribution in [3.63, 3.8) is 0 Å². The number of pyridine rings is 2. The average Bonchev–Trinajstić information content (AvgIpc) is 3.56. The molecule has 0 bridgehead atoms. The van der Waals surface area contributed by atoms with Crippen molar-refractivity contribution < 1.29 is 23.4 Å². The van der Waals surface area contributed by atoms with Gasteiger partial charge in [0.05, 0.1) is 0 Å². The molecule has 1 unspecified atom stereocenters. The number of likely N-dealkylation sites (tertiary alicyclic amines) is 1. The number of halogens is 2. The number of aliphatic carboxylic acids is 1. The first-order valence-electron chi connectivity index (χ1n) is 13.5. The van der Waals surface area contributed by atoms with Crippen LogP contribution in [0, 0.1) is 12.8 Å². The van der Waals surface area contributed by atoms with Crippen molar-refractivity contribution in [3.8, 4) is 5.88 Å². The summed E-state index contributed by atoms with van der Waals surface area (Å²) in [7, 11) is 0. The van der Waals surface area contributed by atoms with Crippen LogP contribution >= 0.6 is 0 Å². The lowest BCUT2D eigenvalue weighted by Crippen LogP contribution is -2.36. The minimum atomic E-state index is -2.85. The van der Waals surface area contributed by atoms with E-state index in [-0.39, 0.29) is 25.5 Å². The number of carboxylic acid groups (broad SMARTS) is 1. The van der Waals surface area contributed by atoms with Gasteiger partial charge in [0.2, 0.25) is 5.88 Å². The van der Waals surface area contributed by atoms with Gasteiger partial charge in [-0.25, -0.2) is 18.7 Å². The molecule has 0 radical (unpaired) electrons. The van der Waals surface area contributed by atoms with Gasteiger partial charge >= 0.3 is 5.97 Å². The number of aryl methyl sites for hydroxylation is 3. The van der Waals surface area contributed by atoms with Gasteiger partial charge in [0, 0.05) is 42.9 Å². The summed E-state index contributed by atoms with van der Waals surface area (Å²) in [6.07, 6.45) is 7.47. The number of carboxylic acids is 1. The Hall–Kier alpha value is -2.81. The van der Waals surface area contributed by atoms with Crippen LogP contribution in [0.15, 0.2) is 24.4 Å². The van der Waals surface area contributed by atoms with Crippen LogP contribution in [0.5, 0.6) is 5.88 Å². The molecule has 3 aliphatic rings. The van der Waals surface area contributed by atoms with Gasteiger partial charge in [-0.15, -0.1) is 0 Å². The van der Waals surface area contributed by atoms with Crippen LogP contribution in [-0.4, -0.2) is 57.6 Å². The number of alkyl halides is 2. The van der Waals surface area contributed by atoms with E-state index in [9.17, 15) is 9.90 Å². The number of hydrogen-bond donors (Lipinski definition) is 2. The molecule has 1 aliphatic carbocycles. The van der Waals surface area contributed by atoms with E-state index in [2.05, 4.69) is 21.4 Å². The highest BCUT2D eigenvalue weighted by molar-refractivity contribution is 5.76. The third kappa shape index (κ3) is 6.20. The lowest BCUT2D eigenvalue weighted by molar-refractivity contribution is -0.143. The topological polar surface area (TPSA) is 87.6 Å². The summed E-state index contributed by atoms with van der Waals surface area (Å²) < 4.78 is 36.3. The van der Waals surface area contributed by atoms with Gasteiger partial charge in [-0.3, -0.25) is 9.69 Å². The highest BCUT2D eigenvalue weighted by atomic mass is 19.3. The van der Waals surface area contributed by atoms with Gasteiger partial charge in [0.25, 0.3) is 5.92 Å². The van der Waals surface area contributed by atoms with Gasteiger partial charge in [0.15, 0.2) is 0 Å². The maximum absolute atomic E-state index is 15.2. The largest absolute Gasteiger partial charge is 0.480 e. The van der Waals surface area contributed by atoms with Crippen molar-refractivity contribution >= 4 is 11.8 Å². The molecule has 1 saturated heterocycles. The Morgan fingerprint density at radius 2 is 2.14 bits per heavy atom. The number of nitrogens with one attached hydrogen (secondary N) is 1. The number of ether oxygens (including phenoxy) is 1. The molecule has 200 valence electrons. The third-order valence-corrected chi connectivity index (χ3v) is 7.67. The Kier molecular flexibility index (Phi) is 7.60. The predicted molar refractivity (Wildman–Crippen MR) is 136 cm³/mol.